The fraction of sp³-hybridized carbons (Fsp3) is 0.846. The van der Waals surface area contributed by atoms with Crippen molar-refractivity contribution in [3.8, 4) is 0 Å². The van der Waals surface area contributed by atoms with Crippen LogP contribution in [-0.4, -0.2) is 34.5 Å². The SMILES string of the molecule is CSC1(CNC(=O)[C@H]2CC(C)C[C@H]2C(=O)O)CC1. The zero-order chi connectivity index (χ0) is 13.3. The number of carboxylic acids is 1. The van der Waals surface area contributed by atoms with Gasteiger partial charge in [-0.15, -0.1) is 0 Å². The van der Waals surface area contributed by atoms with Crippen LogP contribution in [0.2, 0.25) is 0 Å². The van der Waals surface area contributed by atoms with Gasteiger partial charge in [-0.05, 0) is 37.9 Å². The second-order valence-electron chi connectivity index (χ2n) is 5.73. The zero-order valence-electron chi connectivity index (χ0n) is 10.9. The van der Waals surface area contributed by atoms with Crippen LogP contribution in [0.4, 0.5) is 0 Å². The molecule has 0 aliphatic heterocycles. The molecule has 0 aromatic rings. The van der Waals surface area contributed by atoms with Gasteiger partial charge in [0.05, 0.1) is 11.8 Å². The Labute approximate surface area is 112 Å². The Hall–Kier alpha value is -0.710. The van der Waals surface area contributed by atoms with E-state index in [9.17, 15) is 9.59 Å². The van der Waals surface area contributed by atoms with Gasteiger partial charge in [-0.3, -0.25) is 9.59 Å². The average Bonchev–Trinajstić information content (AvgIpc) is 3.01. The predicted octanol–water partition coefficient (Wildman–Crippen LogP) is 1.75. The number of carbonyl (C=O) groups excluding carboxylic acids is 1. The highest BCUT2D eigenvalue weighted by Gasteiger charge is 2.44. The van der Waals surface area contributed by atoms with E-state index in [4.69, 9.17) is 5.11 Å². The molecule has 5 heteroatoms. The van der Waals surface area contributed by atoms with Crippen molar-refractivity contribution in [2.45, 2.75) is 37.4 Å². The average molecular weight is 271 g/mol. The first-order chi connectivity index (χ1) is 8.47. The monoisotopic (exact) mass is 271 g/mol. The summed E-state index contributed by atoms with van der Waals surface area (Å²) in [5.41, 5.74) is 0. The first-order valence-electron chi connectivity index (χ1n) is 6.53. The number of hydrogen-bond donors (Lipinski definition) is 2. The van der Waals surface area contributed by atoms with E-state index in [0.717, 1.165) is 12.8 Å². The summed E-state index contributed by atoms with van der Waals surface area (Å²) in [4.78, 5) is 23.3. The van der Waals surface area contributed by atoms with Crippen LogP contribution < -0.4 is 5.32 Å². The molecular weight excluding hydrogens is 250 g/mol. The molecular formula is C13H21NO3S. The van der Waals surface area contributed by atoms with Crippen LogP contribution in [-0.2, 0) is 9.59 Å². The van der Waals surface area contributed by atoms with Crippen molar-refractivity contribution in [3.05, 3.63) is 0 Å². The largest absolute Gasteiger partial charge is 0.481 e. The Bertz CT molecular complexity index is 354. The minimum atomic E-state index is -0.828. The molecule has 4 nitrogen and oxygen atoms in total. The van der Waals surface area contributed by atoms with Gasteiger partial charge in [0.1, 0.15) is 0 Å². The molecule has 1 amide bonds. The lowest BCUT2D eigenvalue weighted by Crippen LogP contribution is -2.39. The minimum absolute atomic E-state index is 0.0629. The molecule has 2 saturated carbocycles. The Morgan fingerprint density at radius 3 is 2.44 bits per heavy atom. The number of carbonyl (C=O) groups is 2. The number of rotatable bonds is 5. The maximum Gasteiger partial charge on any atom is 0.307 e. The smallest absolute Gasteiger partial charge is 0.307 e. The fourth-order valence-corrected chi connectivity index (χ4v) is 3.55. The summed E-state index contributed by atoms with van der Waals surface area (Å²) in [6.07, 6.45) is 5.70. The summed E-state index contributed by atoms with van der Waals surface area (Å²) in [6, 6.07) is 0. The lowest BCUT2D eigenvalue weighted by Gasteiger charge is -2.18. The third-order valence-electron chi connectivity index (χ3n) is 4.28. The molecule has 0 saturated heterocycles. The van der Waals surface area contributed by atoms with Crippen molar-refractivity contribution in [2.24, 2.45) is 17.8 Å². The summed E-state index contributed by atoms with van der Waals surface area (Å²) in [5, 5.41) is 12.1. The molecule has 18 heavy (non-hydrogen) atoms. The molecule has 0 heterocycles. The van der Waals surface area contributed by atoms with Crippen molar-refractivity contribution in [3.63, 3.8) is 0 Å². The molecule has 102 valence electrons. The van der Waals surface area contributed by atoms with E-state index >= 15 is 0 Å². The summed E-state index contributed by atoms with van der Waals surface area (Å²) in [7, 11) is 0. The molecule has 2 rings (SSSR count). The van der Waals surface area contributed by atoms with E-state index in [0.29, 0.717) is 25.3 Å². The number of nitrogens with one attached hydrogen (secondary N) is 1. The molecule has 0 aromatic heterocycles. The molecule has 0 bridgehead atoms. The van der Waals surface area contributed by atoms with Crippen molar-refractivity contribution < 1.29 is 14.7 Å². The number of hydrogen-bond acceptors (Lipinski definition) is 3. The van der Waals surface area contributed by atoms with Gasteiger partial charge in [0, 0.05) is 11.3 Å². The van der Waals surface area contributed by atoms with Gasteiger partial charge in [0.15, 0.2) is 0 Å². The topological polar surface area (TPSA) is 66.4 Å². The lowest BCUT2D eigenvalue weighted by atomic mass is 9.95. The van der Waals surface area contributed by atoms with Gasteiger partial charge in [0.2, 0.25) is 5.91 Å². The normalized spacial score (nSPS) is 33.1. The Balaban J connectivity index is 1.89. The summed E-state index contributed by atoms with van der Waals surface area (Å²) >= 11 is 1.80. The molecule has 0 radical (unpaired) electrons. The van der Waals surface area contributed by atoms with Gasteiger partial charge in [-0.25, -0.2) is 0 Å². The molecule has 2 aliphatic rings. The molecule has 2 fully saturated rings. The number of aliphatic carboxylic acids is 1. The molecule has 2 aliphatic carbocycles. The second-order valence-corrected chi connectivity index (χ2v) is 7.01. The van der Waals surface area contributed by atoms with Crippen LogP contribution in [0.1, 0.15) is 32.6 Å². The minimum Gasteiger partial charge on any atom is -0.481 e. The van der Waals surface area contributed by atoms with Crippen molar-refractivity contribution >= 4 is 23.6 Å². The van der Waals surface area contributed by atoms with Crippen LogP contribution in [0.15, 0.2) is 0 Å². The van der Waals surface area contributed by atoms with E-state index in [2.05, 4.69) is 11.6 Å². The van der Waals surface area contributed by atoms with E-state index in [1.54, 1.807) is 11.8 Å². The maximum atomic E-state index is 12.1. The predicted molar refractivity (Wildman–Crippen MR) is 71.5 cm³/mol. The summed E-state index contributed by atoms with van der Waals surface area (Å²) < 4.78 is 0.235. The highest BCUT2D eigenvalue weighted by Crippen LogP contribution is 2.46. The fourth-order valence-electron chi connectivity index (χ4n) is 2.83. The van der Waals surface area contributed by atoms with E-state index in [-0.39, 0.29) is 16.6 Å². The Kier molecular flexibility index (Phi) is 3.90. The van der Waals surface area contributed by atoms with Crippen LogP contribution in [0, 0.1) is 17.8 Å². The number of carboxylic acid groups (broad SMARTS) is 1. The number of amides is 1. The van der Waals surface area contributed by atoms with Crippen molar-refractivity contribution in [1.29, 1.82) is 0 Å². The van der Waals surface area contributed by atoms with Crippen LogP contribution >= 0.6 is 11.8 Å². The van der Waals surface area contributed by atoms with Crippen LogP contribution in [0.25, 0.3) is 0 Å². The number of thioether (sulfide) groups is 1. The highest BCUT2D eigenvalue weighted by molar-refractivity contribution is 8.00. The first kappa shape index (κ1) is 13.7. The van der Waals surface area contributed by atoms with Gasteiger partial charge in [-0.2, -0.15) is 11.8 Å². The summed E-state index contributed by atoms with van der Waals surface area (Å²) in [6.45, 7) is 2.71. The van der Waals surface area contributed by atoms with E-state index in [1.807, 2.05) is 6.92 Å². The third kappa shape index (κ3) is 2.82. The molecule has 1 unspecified atom stereocenters. The lowest BCUT2D eigenvalue weighted by molar-refractivity contribution is -0.146. The third-order valence-corrected chi connectivity index (χ3v) is 5.70. The van der Waals surface area contributed by atoms with Crippen LogP contribution in [0.5, 0.6) is 0 Å². The van der Waals surface area contributed by atoms with Crippen molar-refractivity contribution in [1.82, 2.24) is 5.32 Å². The Morgan fingerprint density at radius 1 is 1.33 bits per heavy atom. The van der Waals surface area contributed by atoms with E-state index in [1.165, 1.54) is 0 Å². The van der Waals surface area contributed by atoms with Gasteiger partial charge >= 0.3 is 5.97 Å². The summed E-state index contributed by atoms with van der Waals surface area (Å²) in [5.74, 6) is -1.39. The second kappa shape index (κ2) is 5.11. The van der Waals surface area contributed by atoms with E-state index < -0.39 is 11.9 Å². The van der Waals surface area contributed by atoms with Gasteiger partial charge < -0.3 is 10.4 Å². The highest BCUT2D eigenvalue weighted by atomic mass is 32.2. The standard InChI is InChI=1S/C13H21NO3S/c1-8-5-9(10(6-8)12(16)17)11(15)14-7-13(18-2)3-4-13/h8-10H,3-7H2,1-2H3,(H,14,15)(H,16,17)/t8?,9-,10+/m0/s1. The zero-order valence-corrected chi connectivity index (χ0v) is 11.8. The van der Waals surface area contributed by atoms with Gasteiger partial charge in [-0.1, -0.05) is 6.92 Å². The van der Waals surface area contributed by atoms with Crippen LogP contribution in [0.3, 0.4) is 0 Å². The van der Waals surface area contributed by atoms with Gasteiger partial charge in [0.25, 0.3) is 0 Å². The molecule has 2 N–H and O–H groups in total. The first-order valence-corrected chi connectivity index (χ1v) is 7.75. The van der Waals surface area contributed by atoms with Crippen molar-refractivity contribution in [2.75, 3.05) is 12.8 Å². The molecule has 0 spiro atoms. The maximum absolute atomic E-state index is 12.1. The molecule has 0 aromatic carbocycles. The molecule has 3 atom stereocenters. The quantitative estimate of drug-likeness (QED) is 0.799. The Morgan fingerprint density at radius 2 is 1.94 bits per heavy atom.